The molecule has 0 aliphatic carbocycles. The number of H-pyrrole nitrogens is 1. The number of aliphatic hydroxyl groups excluding tert-OH is 1. The average molecular weight is 368 g/mol. The number of ketones is 1. The van der Waals surface area contributed by atoms with Crippen LogP contribution >= 0.6 is 0 Å². The summed E-state index contributed by atoms with van der Waals surface area (Å²) in [6, 6.07) is -0.922. The normalized spacial score (nSPS) is 25.7. The van der Waals surface area contributed by atoms with Gasteiger partial charge in [-0.15, -0.1) is 0 Å². The zero-order chi connectivity index (χ0) is 19.2. The van der Waals surface area contributed by atoms with E-state index in [9.17, 15) is 19.1 Å². The summed E-state index contributed by atoms with van der Waals surface area (Å²) in [5, 5.41) is 10.2. The molecule has 26 heavy (non-hydrogen) atoms. The van der Waals surface area contributed by atoms with E-state index >= 15 is 0 Å². The van der Waals surface area contributed by atoms with Gasteiger partial charge in [0.1, 0.15) is 24.6 Å². The lowest BCUT2D eigenvalue weighted by molar-refractivity contribution is -0.141. The molecule has 0 radical (unpaired) electrons. The second kappa shape index (κ2) is 6.74. The first-order chi connectivity index (χ1) is 12.2. The monoisotopic (exact) mass is 368 g/mol. The van der Waals surface area contributed by atoms with Gasteiger partial charge in [0.25, 0.3) is 5.56 Å². The van der Waals surface area contributed by atoms with E-state index in [4.69, 9.17) is 16.2 Å². The molecular formula is C15H21FN6O4. The molecule has 1 aliphatic heterocycles. The lowest BCUT2D eigenvalue weighted by Crippen LogP contribution is -2.48. The number of alkyl halides is 1. The summed E-state index contributed by atoms with van der Waals surface area (Å²) in [5.41, 5.74) is 10.9. The lowest BCUT2D eigenvalue weighted by Gasteiger charge is -2.23. The van der Waals surface area contributed by atoms with Gasteiger partial charge in [0, 0.05) is 6.42 Å². The van der Waals surface area contributed by atoms with Crippen LogP contribution in [-0.4, -0.2) is 54.8 Å². The first-order valence-electron chi connectivity index (χ1n) is 8.20. The Bertz CT molecular complexity index is 881. The van der Waals surface area contributed by atoms with Gasteiger partial charge in [-0.3, -0.25) is 19.1 Å². The second-order valence-electron chi connectivity index (χ2n) is 6.70. The number of halogens is 1. The number of rotatable bonds is 5. The number of carbonyl (C=O) groups excluding carboxylic acids is 1. The number of fused-ring (bicyclic) bond motifs is 1. The van der Waals surface area contributed by atoms with Gasteiger partial charge in [0.2, 0.25) is 5.95 Å². The van der Waals surface area contributed by atoms with Gasteiger partial charge in [-0.1, -0.05) is 13.8 Å². The fourth-order valence-corrected chi connectivity index (χ4v) is 2.94. The van der Waals surface area contributed by atoms with Crippen molar-refractivity contribution in [2.75, 3.05) is 5.73 Å². The van der Waals surface area contributed by atoms with Crippen molar-refractivity contribution >= 4 is 22.9 Å². The number of imidazole rings is 1. The summed E-state index contributed by atoms with van der Waals surface area (Å²) < 4.78 is 21.3. The van der Waals surface area contributed by atoms with Gasteiger partial charge >= 0.3 is 0 Å². The summed E-state index contributed by atoms with van der Waals surface area (Å²) in [7, 11) is 0. The Balaban J connectivity index is 1.85. The summed E-state index contributed by atoms with van der Waals surface area (Å²) >= 11 is 0. The maximum Gasteiger partial charge on any atom is 0.280 e. The molecule has 0 amide bonds. The molecule has 10 nitrogen and oxygen atoms in total. The highest BCUT2D eigenvalue weighted by Crippen LogP contribution is 2.34. The number of hydrogen-bond donors (Lipinski definition) is 4. The number of carbonyl (C=O) groups is 1. The number of Topliss-reactive ketones (excluding diaryl/α,β-unsaturated/α-hetero) is 1. The highest BCUT2D eigenvalue weighted by molar-refractivity contribution is 5.88. The number of aromatic amines is 1. The van der Waals surface area contributed by atoms with Crippen LogP contribution in [0.4, 0.5) is 10.3 Å². The summed E-state index contributed by atoms with van der Waals surface area (Å²) in [4.78, 5) is 34.3. The van der Waals surface area contributed by atoms with Crippen LogP contribution in [0.1, 0.15) is 26.5 Å². The molecule has 0 aromatic carbocycles. The van der Waals surface area contributed by atoms with Crippen LogP contribution in [0, 0.1) is 5.92 Å². The number of nitrogen functional groups attached to an aromatic ring is 1. The van der Waals surface area contributed by atoms with E-state index in [0.29, 0.717) is 0 Å². The summed E-state index contributed by atoms with van der Waals surface area (Å²) in [6.45, 7) is 3.46. The Morgan fingerprint density at radius 1 is 1.54 bits per heavy atom. The van der Waals surface area contributed by atoms with E-state index in [2.05, 4.69) is 15.0 Å². The molecule has 6 N–H and O–H groups in total. The average Bonchev–Trinajstić information content (AvgIpc) is 3.16. The Hall–Kier alpha value is -2.37. The number of nitrogens with zero attached hydrogens (tertiary/aromatic N) is 3. The molecule has 142 valence electrons. The van der Waals surface area contributed by atoms with Gasteiger partial charge < -0.3 is 21.3 Å². The first kappa shape index (κ1) is 18.4. The van der Waals surface area contributed by atoms with Crippen molar-refractivity contribution in [1.82, 2.24) is 19.5 Å². The number of aliphatic hydroxyl groups is 1. The summed E-state index contributed by atoms with van der Waals surface area (Å²) in [5.74, 6) is -1.000. The van der Waals surface area contributed by atoms with Crippen LogP contribution in [0.5, 0.6) is 0 Å². The molecule has 1 aliphatic rings. The maximum atomic E-state index is 14.4. The van der Waals surface area contributed by atoms with Gasteiger partial charge in [0.15, 0.2) is 16.9 Å². The fourth-order valence-electron chi connectivity index (χ4n) is 2.94. The molecule has 1 fully saturated rings. The molecule has 3 unspecified atom stereocenters. The number of hydrogen-bond acceptors (Lipinski definition) is 8. The third-order valence-corrected chi connectivity index (χ3v) is 4.51. The number of aromatic nitrogens is 4. The number of anilines is 1. The molecule has 0 spiro atoms. The zero-order valence-electron chi connectivity index (χ0n) is 14.3. The lowest BCUT2D eigenvalue weighted by atomic mass is 9.94. The fraction of sp³-hybridized carbons (Fsp3) is 0.600. The van der Waals surface area contributed by atoms with Crippen molar-refractivity contribution in [2.45, 2.75) is 50.9 Å². The molecule has 3 heterocycles. The van der Waals surface area contributed by atoms with Crippen LogP contribution in [0.25, 0.3) is 11.2 Å². The van der Waals surface area contributed by atoms with Crippen molar-refractivity contribution < 1.29 is 19.0 Å². The number of nitrogens with two attached hydrogens (primary N) is 2. The van der Waals surface area contributed by atoms with Crippen LogP contribution < -0.4 is 17.0 Å². The molecular weight excluding hydrogens is 347 g/mol. The van der Waals surface area contributed by atoms with E-state index in [1.807, 2.05) is 0 Å². The highest BCUT2D eigenvalue weighted by atomic mass is 19.1. The summed E-state index contributed by atoms with van der Waals surface area (Å²) in [6.07, 6.45) is -4.43. The largest absolute Gasteiger partial charge is 0.382 e. The first-order valence-corrected chi connectivity index (χ1v) is 8.20. The van der Waals surface area contributed by atoms with Crippen molar-refractivity contribution in [3.8, 4) is 0 Å². The Kier molecular flexibility index (Phi) is 4.78. The minimum absolute atomic E-state index is 0.0279. The van der Waals surface area contributed by atoms with E-state index in [0.717, 1.165) is 0 Å². The molecule has 1 saturated heterocycles. The Morgan fingerprint density at radius 2 is 2.23 bits per heavy atom. The Labute approximate surface area is 147 Å². The Morgan fingerprint density at radius 3 is 2.88 bits per heavy atom. The molecule has 0 saturated carbocycles. The third kappa shape index (κ3) is 3.08. The minimum atomic E-state index is -1.69. The predicted octanol–water partition coefficient (Wildman–Crippen LogP) is -0.759. The zero-order valence-corrected chi connectivity index (χ0v) is 14.3. The predicted molar refractivity (Wildman–Crippen MR) is 89.8 cm³/mol. The maximum absolute atomic E-state index is 14.4. The SMILES string of the molecule is CC(C)C(N)C(=O)C(O)[C@H]1O[C@@H](n2cnc3c(=O)[nH]c(N)nc32)CC1F. The van der Waals surface area contributed by atoms with Crippen LogP contribution in [0.2, 0.25) is 0 Å². The molecule has 3 rings (SSSR count). The topological polar surface area (TPSA) is 162 Å². The molecule has 2 aromatic rings. The molecule has 0 bridgehead atoms. The van der Waals surface area contributed by atoms with Crippen LogP contribution in [-0.2, 0) is 9.53 Å². The smallest absolute Gasteiger partial charge is 0.280 e. The minimum Gasteiger partial charge on any atom is -0.382 e. The van der Waals surface area contributed by atoms with Crippen molar-refractivity contribution in [1.29, 1.82) is 0 Å². The molecule has 5 atom stereocenters. The van der Waals surface area contributed by atoms with Gasteiger partial charge in [-0.2, -0.15) is 4.98 Å². The standard InChI is InChI=1S/C15H21FN6O4/c1-5(2)8(17)10(23)11(24)12-6(16)3-7(26-12)22-4-19-9-13(22)20-15(18)21-14(9)25/h4-8,11-12,24H,3,17H2,1-2H3,(H3,18,20,21,25)/t6?,7-,8?,11?,12+/m1/s1. The number of nitrogens with one attached hydrogen (secondary N) is 1. The van der Waals surface area contributed by atoms with E-state index < -0.39 is 42.0 Å². The molecule has 11 heteroatoms. The van der Waals surface area contributed by atoms with Crippen molar-refractivity contribution in [3.05, 3.63) is 16.7 Å². The van der Waals surface area contributed by atoms with Gasteiger partial charge in [0.05, 0.1) is 12.4 Å². The van der Waals surface area contributed by atoms with Gasteiger partial charge in [-0.05, 0) is 5.92 Å². The van der Waals surface area contributed by atoms with E-state index in [1.54, 1.807) is 13.8 Å². The quantitative estimate of drug-likeness (QED) is 0.535. The van der Waals surface area contributed by atoms with Crippen LogP contribution in [0.15, 0.2) is 11.1 Å². The van der Waals surface area contributed by atoms with Gasteiger partial charge in [-0.25, -0.2) is 9.37 Å². The highest BCUT2D eigenvalue weighted by Gasteiger charge is 2.45. The van der Waals surface area contributed by atoms with Crippen molar-refractivity contribution in [3.63, 3.8) is 0 Å². The van der Waals surface area contributed by atoms with E-state index in [1.165, 1.54) is 10.9 Å². The number of ether oxygens (including phenoxy) is 1. The third-order valence-electron chi connectivity index (χ3n) is 4.51. The molecule has 2 aromatic heterocycles. The van der Waals surface area contributed by atoms with Crippen LogP contribution in [0.3, 0.4) is 0 Å². The van der Waals surface area contributed by atoms with Crippen molar-refractivity contribution in [2.24, 2.45) is 11.7 Å². The second-order valence-corrected chi connectivity index (χ2v) is 6.70. The van der Waals surface area contributed by atoms with E-state index in [-0.39, 0.29) is 29.5 Å².